The van der Waals surface area contributed by atoms with Crippen LogP contribution < -0.4 is 0 Å². The van der Waals surface area contributed by atoms with Gasteiger partial charge in [-0.2, -0.15) is 0 Å². The molecule has 1 aromatic heterocycles. The van der Waals surface area contributed by atoms with Crippen LogP contribution in [0.5, 0.6) is 0 Å². The maximum Gasteiger partial charge on any atom is 0.339 e. The van der Waals surface area contributed by atoms with E-state index in [0.29, 0.717) is 0 Å². The molecular formula is C26H30O5. The molecular weight excluding hydrogens is 392 g/mol. The summed E-state index contributed by atoms with van der Waals surface area (Å²) in [6, 6.07) is 1.89. The summed E-state index contributed by atoms with van der Waals surface area (Å²) < 4.78 is 17.7. The van der Waals surface area contributed by atoms with Crippen LogP contribution >= 0.6 is 0 Å². The van der Waals surface area contributed by atoms with Gasteiger partial charge in [0.1, 0.15) is 11.7 Å². The Bertz CT molecular complexity index is 1050. The summed E-state index contributed by atoms with van der Waals surface area (Å²) in [5.41, 5.74) is -1.08. The number of cyclic esters (lactones) is 1. The molecule has 1 aromatic rings. The zero-order chi connectivity index (χ0) is 22.0. The van der Waals surface area contributed by atoms with E-state index in [-0.39, 0.29) is 39.8 Å². The van der Waals surface area contributed by atoms with Crippen molar-refractivity contribution in [3.8, 4) is 0 Å². The first-order valence-electron chi connectivity index (χ1n) is 11.4. The Labute approximate surface area is 182 Å². The van der Waals surface area contributed by atoms with Gasteiger partial charge in [0.25, 0.3) is 0 Å². The van der Waals surface area contributed by atoms with Crippen LogP contribution in [-0.4, -0.2) is 23.5 Å². The summed E-state index contributed by atoms with van der Waals surface area (Å²) in [4.78, 5) is 25.7. The first kappa shape index (κ1) is 19.5. The zero-order valence-electron chi connectivity index (χ0n) is 18.8. The van der Waals surface area contributed by atoms with Gasteiger partial charge in [0.2, 0.25) is 0 Å². The smallest absolute Gasteiger partial charge is 0.339 e. The summed E-state index contributed by atoms with van der Waals surface area (Å²) in [6.45, 7) is 10.9. The Morgan fingerprint density at radius 1 is 1.03 bits per heavy atom. The van der Waals surface area contributed by atoms with E-state index in [1.165, 1.54) is 0 Å². The van der Waals surface area contributed by atoms with Crippen molar-refractivity contribution < 1.29 is 23.5 Å². The van der Waals surface area contributed by atoms with Gasteiger partial charge in [0, 0.05) is 21.8 Å². The van der Waals surface area contributed by atoms with Crippen LogP contribution in [0.3, 0.4) is 0 Å². The predicted octanol–water partition coefficient (Wildman–Crippen LogP) is 4.80. The van der Waals surface area contributed by atoms with E-state index < -0.39 is 23.2 Å². The van der Waals surface area contributed by atoms with Crippen LogP contribution in [0.2, 0.25) is 0 Å². The molecule has 0 bridgehead atoms. The van der Waals surface area contributed by atoms with Gasteiger partial charge >= 0.3 is 5.97 Å². The Balaban J connectivity index is 1.52. The lowest BCUT2D eigenvalue weighted by Crippen LogP contribution is -2.66. The number of esters is 1. The van der Waals surface area contributed by atoms with Crippen molar-refractivity contribution in [1.82, 2.24) is 0 Å². The van der Waals surface area contributed by atoms with E-state index in [4.69, 9.17) is 13.9 Å². The number of furan rings is 1. The van der Waals surface area contributed by atoms with E-state index >= 15 is 0 Å². The van der Waals surface area contributed by atoms with Crippen LogP contribution in [-0.2, 0) is 19.1 Å². The number of fused-ring (bicyclic) bond motifs is 3. The van der Waals surface area contributed by atoms with Crippen LogP contribution in [0, 0.1) is 33.5 Å². The molecule has 5 nitrogen and oxygen atoms in total. The average molecular weight is 423 g/mol. The molecule has 3 aliphatic carbocycles. The van der Waals surface area contributed by atoms with Crippen LogP contribution in [0.25, 0.3) is 0 Å². The molecule has 3 heterocycles. The van der Waals surface area contributed by atoms with Gasteiger partial charge in [-0.25, -0.2) is 4.79 Å². The third-order valence-corrected chi connectivity index (χ3v) is 9.88. The number of hydrogen-bond donors (Lipinski definition) is 0. The SMILES string of the molecule is CC1(C)C(=O)C=C[C@@]2(C)[C@H]3CC[C@@]4(C)[C@H](c5ccoc5)OC(=O)[C@H]5O[C@@]54[C@]3(C)C=C[C@@H]12. The number of allylic oxidation sites excluding steroid dienone is 3. The lowest BCUT2D eigenvalue weighted by Gasteiger charge is -2.64. The quantitative estimate of drug-likeness (QED) is 0.370. The van der Waals surface area contributed by atoms with Gasteiger partial charge < -0.3 is 13.9 Å². The second-order valence-electron chi connectivity index (χ2n) is 11.5. The summed E-state index contributed by atoms with van der Waals surface area (Å²) in [5.74, 6) is 0.283. The predicted molar refractivity (Wildman–Crippen MR) is 113 cm³/mol. The van der Waals surface area contributed by atoms with Crippen molar-refractivity contribution >= 4 is 11.8 Å². The first-order chi connectivity index (χ1) is 14.5. The van der Waals surface area contributed by atoms with Gasteiger partial charge in [-0.1, -0.05) is 52.8 Å². The highest BCUT2D eigenvalue weighted by Crippen LogP contribution is 2.78. The number of epoxide rings is 1. The van der Waals surface area contributed by atoms with Crippen molar-refractivity contribution in [2.24, 2.45) is 33.5 Å². The molecule has 0 aromatic carbocycles. The van der Waals surface area contributed by atoms with E-state index in [1.807, 2.05) is 6.07 Å². The normalized spacial score (nSPS) is 51.3. The lowest BCUT2D eigenvalue weighted by atomic mass is 9.38. The standard InChI is InChI=1S/C26H30O5/c1-22(2)16-6-11-24(4)17(23(16,3)10-8-18(22)27)7-12-25(5)19(15-9-13-29-14-15)30-21(28)20-26(24,25)31-20/h6,8-11,13-14,16-17,19-20H,7,12H2,1-5H3/t16-,17+,19-,20+,23+,24+,25-,26+/m0/s1. The average Bonchev–Trinajstić information content (AvgIpc) is 3.28. The minimum Gasteiger partial charge on any atom is -0.472 e. The van der Waals surface area contributed by atoms with Gasteiger partial charge in [-0.15, -0.1) is 0 Å². The minimum atomic E-state index is -0.621. The summed E-state index contributed by atoms with van der Waals surface area (Å²) in [5, 5.41) is 0. The molecule has 164 valence electrons. The second kappa shape index (κ2) is 5.43. The van der Waals surface area contributed by atoms with Crippen LogP contribution in [0.1, 0.15) is 59.1 Å². The van der Waals surface area contributed by atoms with Gasteiger partial charge in [-0.05, 0) is 42.2 Å². The molecule has 31 heavy (non-hydrogen) atoms. The number of hydrogen-bond acceptors (Lipinski definition) is 5. The Kier molecular flexibility index (Phi) is 3.42. The largest absolute Gasteiger partial charge is 0.472 e. The number of ether oxygens (including phenoxy) is 2. The van der Waals surface area contributed by atoms with Crippen molar-refractivity contribution in [3.63, 3.8) is 0 Å². The monoisotopic (exact) mass is 422 g/mol. The number of rotatable bonds is 1. The third kappa shape index (κ3) is 1.95. The molecule has 1 spiro atoms. The molecule has 1 saturated carbocycles. The van der Waals surface area contributed by atoms with Crippen molar-refractivity contribution in [3.05, 3.63) is 48.5 Å². The number of carbonyl (C=O) groups is 2. The fourth-order valence-electron chi connectivity index (χ4n) is 8.29. The molecule has 6 rings (SSSR count). The topological polar surface area (TPSA) is 69.0 Å². The van der Waals surface area contributed by atoms with E-state index in [2.05, 4.69) is 52.8 Å². The van der Waals surface area contributed by atoms with Gasteiger partial charge in [-0.3, -0.25) is 4.79 Å². The second-order valence-corrected chi connectivity index (χ2v) is 11.5. The van der Waals surface area contributed by atoms with E-state index in [0.717, 1.165) is 18.4 Å². The summed E-state index contributed by atoms with van der Waals surface area (Å²) in [7, 11) is 0. The Morgan fingerprint density at radius 3 is 2.52 bits per heavy atom. The molecule has 5 aliphatic rings. The molecule has 3 fully saturated rings. The molecule has 0 radical (unpaired) electrons. The number of carbonyl (C=O) groups excluding carboxylic acids is 2. The van der Waals surface area contributed by atoms with Crippen molar-refractivity contribution in [2.75, 3.05) is 0 Å². The van der Waals surface area contributed by atoms with E-state index in [9.17, 15) is 9.59 Å². The van der Waals surface area contributed by atoms with Crippen molar-refractivity contribution in [2.45, 2.75) is 65.3 Å². The highest BCUT2D eigenvalue weighted by Gasteiger charge is 2.85. The molecule has 5 heteroatoms. The fraction of sp³-hybridized carbons (Fsp3) is 0.615. The van der Waals surface area contributed by atoms with Gasteiger partial charge in [0.15, 0.2) is 11.9 Å². The van der Waals surface area contributed by atoms with Crippen molar-refractivity contribution in [1.29, 1.82) is 0 Å². The summed E-state index contributed by atoms with van der Waals surface area (Å²) >= 11 is 0. The minimum absolute atomic E-state index is 0.119. The van der Waals surface area contributed by atoms with E-state index in [1.54, 1.807) is 18.6 Å². The van der Waals surface area contributed by atoms with Crippen LogP contribution in [0.4, 0.5) is 0 Å². The molecule has 0 unspecified atom stereocenters. The maximum atomic E-state index is 13.0. The highest BCUT2D eigenvalue weighted by molar-refractivity contribution is 5.96. The lowest BCUT2D eigenvalue weighted by molar-refractivity contribution is -0.191. The third-order valence-electron chi connectivity index (χ3n) is 9.88. The Morgan fingerprint density at radius 2 is 1.81 bits per heavy atom. The highest BCUT2D eigenvalue weighted by atomic mass is 16.7. The molecule has 8 atom stereocenters. The molecule has 0 N–H and O–H groups in total. The molecule has 0 amide bonds. The van der Waals surface area contributed by atoms with Crippen LogP contribution in [0.15, 0.2) is 47.3 Å². The number of ketones is 1. The molecule has 2 saturated heterocycles. The maximum absolute atomic E-state index is 13.0. The summed E-state index contributed by atoms with van der Waals surface area (Å²) in [6.07, 6.45) is 12.7. The van der Waals surface area contributed by atoms with Gasteiger partial charge in [0.05, 0.1) is 12.5 Å². The fourth-order valence-corrected chi connectivity index (χ4v) is 8.29. The first-order valence-corrected chi connectivity index (χ1v) is 11.4. The molecule has 2 aliphatic heterocycles. The Hall–Kier alpha value is -2.14. The zero-order valence-corrected chi connectivity index (χ0v) is 18.8.